The Bertz CT molecular complexity index is 913. The van der Waals surface area contributed by atoms with Gasteiger partial charge in [-0.1, -0.05) is 42.3 Å². The molecule has 0 bridgehead atoms. The fourth-order valence-electron chi connectivity index (χ4n) is 3.13. The lowest BCUT2D eigenvalue weighted by Gasteiger charge is -2.30. The second-order valence-corrected chi connectivity index (χ2v) is 8.71. The number of carbonyl (C=O) groups excluding carboxylic acids is 2. The Morgan fingerprint density at radius 3 is 2.29 bits per heavy atom. The molecule has 2 atom stereocenters. The van der Waals surface area contributed by atoms with E-state index in [-0.39, 0.29) is 31.0 Å². The standard InChI is InChI=1S/C24H30Cl2N2O3/c1-6-17(4)27-24(30)18(5)28(13-19-7-8-20(25)12-22(19)26)23(29)14-31-21-10-15(2)9-16(3)11-21/h7-12,17-18H,6,13-14H2,1-5H3,(H,27,30)/t17-,18+/m1/s1. The highest BCUT2D eigenvalue weighted by Crippen LogP contribution is 2.23. The highest BCUT2D eigenvalue weighted by molar-refractivity contribution is 6.35. The highest BCUT2D eigenvalue weighted by Gasteiger charge is 2.27. The second kappa shape index (κ2) is 11.4. The van der Waals surface area contributed by atoms with Crippen molar-refractivity contribution in [2.75, 3.05) is 6.61 Å². The SMILES string of the molecule is CC[C@@H](C)NC(=O)[C@H](C)N(Cc1ccc(Cl)cc1Cl)C(=O)COc1cc(C)cc(C)c1. The molecule has 5 nitrogen and oxygen atoms in total. The Morgan fingerprint density at radius 2 is 1.71 bits per heavy atom. The van der Waals surface area contributed by atoms with Gasteiger partial charge in [0.2, 0.25) is 5.91 Å². The van der Waals surface area contributed by atoms with E-state index in [1.807, 2.05) is 45.9 Å². The van der Waals surface area contributed by atoms with Crippen LogP contribution in [0.25, 0.3) is 0 Å². The Kier molecular flexibility index (Phi) is 9.20. The molecule has 0 aliphatic rings. The Balaban J connectivity index is 2.22. The maximum atomic E-state index is 13.1. The summed E-state index contributed by atoms with van der Waals surface area (Å²) in [5.74, 6) is 0.0863. The first-order valence-electron chi connectivity index (χ1n) is 10.4. The summed E-state index contributed by atoms with van der Waals surface area (Å²) < 4.78 is 5.75. The van der Waals surface area contributed by atoms with Crippen LogP contribution in [0, 0.1) is 13.8 Å². The molecule has 0 unspecified atom stereocenters. The van der Waals surface area contributed by atoms with Crippen molar-refractivity contribution in [3.05, 3.63) is 63.1 Å². The van der Waals surface area contributed by atoms with Crippen LogP contribution >= 0.6 is 23.2 Å². The maximum absolute atomic E-state index is 13.1. The number of carbonyl (C=O) groups is 2. The predicted molar refractivity (Wildman–Crippen MR) is 126 cm³/mol. The molecule has 0 spiro atoms. The van der Waals surface area contributed by atoms with E-state index in [0.717, 1.165) is 17.5 Å². The first-order chi connectivity index (χ1) is 14.6. The normalized spacial score (nSPS) is 12.7. The first kappa shape index (κ1) is 25.0. The van der Waals surface area contributed by atoms with E-state index >= 15 is 0 Å². The average Bonchev–Trinajstić information content (AvgIpc) is 2.70. The van der Waals surface area contributed by atoms with Crippen molar-refractivity contribution < 1.29 is 14.3 Å². The van der Waals surface area contributed by atoms with Crippen LogP contribution in [-0.2, 0) is 16.1 Å². The zero-order valence-electron chi connectivity index (χ0n) is 18.7. The lowest BCUT2D eigenvalue weighted by molar-refractivity contribution is -0.142. The lowest BCUT2D eigenvalue weighted by atomic mass is 10.1. The number of benzene rings is 2. The van der Waals surface area contributed by atoms with Gasteiger partial charge in [-0.2, -0.15) is 0 Å². The predicted octanol–water partition coefficient (Wildman–Crippen LogP) is 5.32. The molecule has 1 N–H and O–H groups in total. The summed E-state index contributed by atoms with van der Waals surface area (Å²) >= 11 is 12.3. The molecule has 0 aliphatic carbocycles. The van der Waals surface area contributed by atoms with Gasteiger partial charge in [0.1, 0.15) is 11.8 Å². The minimum absolute atomic E-state index is 0.0116. The van der Waals surface area contributed by atoms with Gasteiger partial charge in [0, 0.05) is 22.6 Å². The summed E-state index contributed by atoms with van der Waals surface area (Å²) in [5, 5.41) is 3.88. The topological polar surface area (TPSA) is 58.6 Å². The average molecular weight is 465 g/mol. The van der Waals surface area contributed by atoms with Gasteiger partial charge in [0.15, 0.2) is 6.61 Å². The van der Waals surface area contributed by atoms with Crippen LogP contribution < -0.4 is 10.1 Å². The number of amides is 2. The minimum atomic E-state index is -0.698. The Hall–Kier alpha value is -2.24. The molecule has 2 aromatic carbocycles. The van der Waals surface area contributed by atoms with E-state index in [9.17, 15) is 9.59 Å². The number of rotatable bonds is 9. The van der Waals surface area contributed by atoms with Gasteiger partial charge in [-0.3, -0.25) is 9.59 Å². The van der Waals surface area contributed by atoms with Crippen LogP contribution in [-0.4, -0.2) is 35.4 Å². The summed E-state index contributed by atoms with van der Waals surface area (Å²) in [7, 11) is 0. The van der Waals surface area contributed by atoms with Crippen molar-refractivity contribution >= 4 is 35.0 Å². The largest absolute Gasteiger partial charge is 0.484 e. The van der Waals surface area contributed by atoms with Crippen LogP contribution in [0.4, 0.5) is 0 Å². The minimum Gasteiger partial charge on any atom is -0.484 e. The fourth-order valence-corrected chi connectivity index (χ4v) is 3.59. The van der Waals surface area contributed by atoms with Gasteiger partial charge in [-0.25, -0.2) is 0 Å². The van der Waals surface area contributed by atoms with Crippen molar-refractivity contribution in [2.24, 2.45) is 0 Å². The van der Waals surface area contributed by atoms with Crippen molar-refractivity contribution in [3.8, 4) is 5.75 Å². The molecule has 0 aliphatic heterocycles. The molecule has 0 aromatic heterocycles. The molecule has 0 heterocycles. The maximum Gasteiger partial charge on any atom is 0.261 e. The van der Waals surface area contributed by atoms with Gasteiger partial charge < -0.3 is 15.0 Å². The summed E-state index contributed by atoms with van der Waals surface area (Å²) in [6.45, 7) is 9.54. The van der Waals surface area contributed by atoms with E-state index in [1.54, 1.807) is 25.1 Å². The monoisotopic (exact) mass is 464 g/mol. The number of hydrogen-bond acceptors (Lipinski definition) is 3. The van der Waals surface area contributed by atoms with Gasteiger partial charge in [0.05, 0.1) is 0 Å². The summed E-state index contributed by atoms with van der Waals surface area (Å²) in [5.41, 5.74) is 2.80. The van der Waals surface area contributed by atoms with Crippen molar-refractivity contribution in [3.63, 3.8) is 0 Å². The van der Waals surface area contributed by atoms with Gasteiger partial charge >= 0.3 is 0 Å². The van der Waals surface area contributed by atoms with Crippen LogP contribution in [0.3, 0.4) is 0 Å². The quantitative estimate of drug-likeness (QED) is 0.545. The molecule has 31 heavy (non-hydrogen) atoms. The molecule has 0 saturated carbocycles. The van der Waals surface area contributed by atoms with Crippen LogP contribution in [0.5, 0.6) is 5.75 Å². The molecule has 0 fully saturated rings. The molecular weight excluding hydrogens is 435 g/mol. The van der Waals surface area contributed by atoms with Crippen molar-refractivity contribution in [2.45, 2.75) is 59.7 Å². The third-order valence-corrected chi connectivity index (χ3v) is 5.67. The van der Waals surface area contributed by atoms with E-state index in [0.29, 0.717) is 21.4 Å². The zero-order valence-corrected chi connectivity index (χ0v) is 20.2. The molecule has 0 saturated heterocycles. The van der Waals surface area contributed by atoms with Crippen molar-refractivity contribution in [1.29, 1.82) is 0 Å². The van der Waals surface area contributed by atoms with Gasteiger partial charge in [0.25, 0.3) is 5.91 Å². The summed E-state index contributed by atoms with van der Waals surface area (Å²) in [6.07, 6.45) is 0.797. The van der Waals surface area contributed by atoms with E-state index in [1.165, 1.54) is 4.90 Å². The fraction of sp³-hybridized carbons (Fsp3) is 0.417. The molecule has 2 amide bonds. The Morgan fingerprint density at radius 1 is 1.06 bits per heavy atom. The molecule has 2 rings (SSSR count). The molecule has 2 aromatic rings. The smallest absolute Gasteiger partial charge is 0.261 e. The van der Waals surface area contributed by atoms with Crippen LogP contribution in [0.15, 0.2) is 36.4 Å². The summed E-state index contributed by atoms with van der Waals surface area (Å²) in [4.78, 5) is 27.4. The number of nitrogens with zero attached hydrogens (tertiary/aromatic N) is 1. The number of nitrogens with one attached hydrogen (secondary N) is 1. The highest BCUT2D eigenvalue weighted by atomic mass is 35.5. The number of ether oxygens (including phenoxy) is 1. The zero-order chi connectivity index (χ0) is 23.1. The third-order valence-electron chi connectivity index (χ3n) is 5.08. The third kappa shape index (κ3) is 7.44. The Labute approximate surface area is 194 Å². The van der Waals surface area contributed by atoms with E-state index in [2.05, 4.69) is 5.32 Å². The molecule has 0 radical (unpaired) electrons. The summed E-state index contributed by atoms with van der Waals surface area (Å²) in [6, 6.07) is 10.2. The molecular formula is C24H30Cl2N2O3. The lowest BCUT2D eigenvalue weighted by Crippen LogP contribution is -2.50. The first-order valence-corrected chi connectivity index (χ1v) is 11.1. The van der Waals surface area contributed by atoms with Crippen LogP contribution in [0.1, 0.15) is 43.9 Å². The van der Waals surface area contributed by atoms with Crippen LogP contribution in [0.2, 0.25) is 10.0 Å². The number of halogens is 2. The van der Waals surface area contributed by atoms with Crippen molar-refractivity contribution in [1.82, 2.24) is 10.2 Å². The molecule has 7 heteroatoms. The van der Waals surface area contributed by atoms with Gasteiger partial charge in [-0.05, 0) is 75.1 Å². The van der Waals surface area contributed by atoms with E-state index in [4.69, 9.17) is 27.9 Å². The second-order valence-electron chi connectivity index (χ2n) is 7.86. The van der Waals surface area contributed by atoms with E-state index < -0.39 is 6.04 Å². The van der Waals surface area contributed by atoms with Gasteiger partial charge in [-0.15, -0.1) is 0 Å². The molecule has 168 valence electrons. The number of hydrogen-bond donors (Lipinski definition) is 1. The number of aryl methyl sites for hydroxylation is 2.